The van der Waals surface area contributed by atoms with Crippen molar-refractivity contribution in [3.8, 4) is 0 Å². The topological polar surface area (TPSA) is 24.9 Å². The lowest BCUT2D eigenvalue weighted by Gasteiger charge is -2.08. The molecular formula is C13H11ClF2N2. The van der Waals surface area contributed by atoms with Crippen LogP contribution in [0.15, 0.2) is 30.5 Å². The maximum Gasteiger partial charge on any atom is 0.164 e. The van der Waals surface area contributed by atoms with Gasteiger partial charge in [-0.3, -0.25) is 0 Å². The van der Waals surface area contributed by atoms with Crippen LogP contribution in [0.3, 0.4) is 0 Å². The fraction of sp³-hybridized carbons (Fsp3) is 0.154. The molecule has 1 heterocycles. The van der Waals surface area contributed by atoms with Crippen LogP contribution in [0.2, 0.25) is 5.15 Å². The molecule has 2 rings (SSSR count). The summed E-state index contributed by atoms with van der Waals surface area (Å²) < 4.78 is 26.7. The van der Waals surface area contributed by atoms with E-state index in [0.717, 1.165) is 5.56 Å². The van der Waals surface area contributed by atoms with Crippen molar-refractivity contribution < 1.29 is 8.78 Å². The van der Waals surface area contributed by atoms with Crippen LogP contribution in [0.4, 0.5) is 14.5 Å². The molecule has 18 heavy (non-hydrogen) atoms. The smallest absolute Gasteiger partial charge is 0.164 e. The maximum absolute atomic E-state index is 13.5. The SMILES string of the molecule is Cc1ccc(NCc2cnc(Cl)c(F)c2)c(F)c1. The first kappa shape index (κ1) is 12.8. The number of hydrogen-bond donors (Lipinski definition) is 1. The number of halogens is 3. The molecule has 0 saturated heterocycles. The molecule has 0 bridgehead atoms. The summed E-state index contributed by atoms with van der Waals surface area (Å²) in [5.41, 5.74) is 1.81. The van der Waals surface area contributed by atoms with E-state index in [0.29, 0.717) is 11.3 Å². The van der Waals surface area contributed by atoms with Crippen molar-refractivity contribution in [1.29, 1.82) is 0 Å². The van der Waals surface area contributed by atoms with Gasteiger partial charge in [-0.1, -0.05) is 17.7 Å². The summed E-state index contributed by atoms with van der Waals surface area (Å²) in [6.07, 6.45) is 1.45. The summed E-state index contributed by atoms with van der Waals surface area (Å²) >= 11 is 5.47. The van der Waals surface area contributed by atoms with E-state index in [2.05, 4.69) is 10.3 Å². The monoisotopic (exact) mass is 268 g/mol. The van der Waals surface area contributed by atoms with Crippen LogP contribution in [0, 0.1) is 18.6 Å². The Kier molecular flexibility index (Phi) is 3.77. The number of aromatic nitrogens is 1. The average molecular weight is 269 g/mol. The van der Waals surface area contributed by atoms with Crippen LogP contribution < -0.4 is 5.32 Å². The number of aryl methyl sites for hydroxylation is 1. The van der Waals surface area contributed by atoms with Crippen molar-refractivity contribution in [1.82, 2.24) is 4.98 Å². The first-order chi connectivity index (χ1) is 8.56. The fourth-order valence-electron chi connectivity index (χ4n) is 1.52. The molecule has 0 spiro atoms. The first-order valence-corrected chi connectivity index (χ1v) is 5.74. The molecule has 2 aromatic rings. The molecule has 1 aromatic heterocycles. The lowest BCUT2D eigenvalue weighted by Crippen LogP contribution is -2.02. The Hall–Kier alpha value is -1.68. The van der Waals surface area contributed by atoms with Gasteiger partial charge in [0, 0.05) is 12.7 Å². The summed E-state index contributed by atoms with van der Waals surface area (Å²) in [4.78, 5) is 3.68. The standard InChI is InChI=1S/C13H11ClF2N2/c1-8-2-3-12(10(15)4-8)17-6-9-5-11(16)13(14)18-7-9/h2-5,7,17H,6H2,1H3. The highest BCUT2D eigenvalue weighted by Gasteiger charge is 2.04. The van der Waals surface area contributed by atoms with Crippen LogP contribution in [0.5, 0.6) is 0 Å². The highest BCUT2D eigenvalue weighted by atomic mass is 35.5. The molecule has 0 aliphatic heterocycles. The van der Waals surface area contributed by atoms with Gasteiger partial charge in [-0.15, -0.1) is 0 Å². The third-order valence-electron chi connectivity index (χ3n) is 2.46. The second-order valence-corrected chi connectivity index (χ2v) is 4.31. The lowest BCUT2D eigenvalue weighted by molar-refractivity contribution is 0.619. The van der Waals surface area contributed by atoms with Gasteiger partial charge >= 0.3 is 0 Å². The lowest BCUT2D eigenvalue weighted by atomic mass is 10.2. The minimum atomic E-state index is -0.583. The molecule has 5 heteroatoms. The van der Waals surface area contributed by atoms with Gasteiger partial charge in [0.2, 0.25) is 0 Å². The summed E-state index contributed by atoms with van der Waals surface area (Å²) in [7, 11) is 0. The molecule has 1 N–H and O–H groups in total. The highest BCUT2D eigenvalue weighted by molar-refractivity contribution is 6.29. The van der Waals surface area contributed by atoms with E-state index < -0.39 is 5.82 Å². The van der Waals surface area contributed by atoms with E-state index in [1.54, 1.807) is 12.1 Å². The Labute approximate surface area is 109 Å². The third kappa shape index (κ3) is 2.96. The molecule has 0 radical (unpaired) electrons. The van der Waals surface area contributed by atoms with E-state index in [4.69, 9.17) is 11.6 Å². The second kappa shape index (κ2) is 5.31. The molecule has 0 aliphatic rings. The van der Waals surface area contributed by atoms with Gasteiger partial charge in [0.15, 0.2) is 11.0 Å². The Bertz CT molecular complexity index is 573. The van der Waals surface area contributed by atoms with Crippen molar-refractivity contribution in [3.05, 3.63) is 58.4 Å². The highest BCUT2D eigenvalue weighted by Crippen LogP contribution is 2.17. The summed E-state index contributed by atoms with van der Waals surface area (Å²) in [6.45, 7) is 2.09. The van der Waals surface area contributed by atoms with Gasteiger partial charge in [-0.05, 0) is 36.2 Å². The normalized spacial score (nSPS) is 10.4. The zero-order valence-electron chi connectivity index (χ0n) is 9.67. The molecule has 2 nitrogen and oxygen atoms in total. The maximum atomic E-state index is 13.5. The summed E-state index contributed by atoms with van der Waals surface area (Å²) in [5.74, 6) is -0.919. The minimum absolute atomic E-state index is 0.166. The Balaban J connectivity index is 2.09. The van der Waals surface area contributed by atoms with Crippen molar-refractivity contribution >= 4 is 17.3 Å². The molecular weight excluding hydrogens is 258 g/mol. The Morgan fingerprint density at radius 2 is 2.00 bits per heavy atom. The first-order valence-electron chi connectivity index (χ1n) is 5.36. The van der Waals surface area contributed by atoms with Crippen molar-refractivity contribution in [3.63, 3.8) is 0 Å². The number of nitrogens with zero attached hydrogens (tertiary/aromatic N) is 1. The number of benzene rings is 1. The van der Waals surface area contributed by atoms with Gasteiger partial charge in [0.25, 0.3) is 0 Å². The largest absolute Gasteiger partial charge is 0.379 e. The quantitative estimate of drug-likeness (QED) is 0.853. The van der Waals surface area contributed by atoms with E-state index >= 15 is 0 Å². The predicted molar refractivity (Wildman–Crippen MR) is 67.7 cm³/mol. The van der Waals surface area contributed by atoms with E-state index in [1.807, 2.05) is 6.92 Å². The van der Waals surface area contributed by atoms with Gasteiger partial charge < -0.3 is 5.32 Å². The molecule has 0 atom stereocenters. The molecule has 94 valence electrons. The Morgan fingerprint density at radius 1 is 1.22 bits per heavy atom. The number of pyridine rings is 1. The number of hydrogen-bond acceptors (Lipinski definition) is 2. The minimum Gasteiger partial charge on any atom is -0.379 e. The third-order valence-corrected chi connectivity index (χ3v) is 2.74. The summed E-state index contributed by atoms with van der Waals surface area (Å²) in [6, 6.07) is 6.15. The average Bonchev–Trinajstić information content (AvgIpc) is 2.32. The van der Waals surface area contributed by atoms with Crippen molar-refractivity contribution in [2.24, 2.45) is 0 Å². The van der Waals surface area contributed by atoms with E-state index in [-0.39, 0.29) is 17.5 Å². The van der Waals surface area contributed by atoms with Gasteiger partial charge in [-0.25, -0.2) is 13.8 Å². The molecule has 0 amide bonds. The summed E-state index contributed by atoms with van der Waals surface area (Å²) in [5, 5.41) is 2.71. The van der Waals surface area contributed by atoms with E-state index in [9.17, 15) is 8.78 Å². The van der Waals surface area contributed by atoms with Crippen LogP contribution in [-0.4, -0.2) is 4.98 Å². The van der Waals surface area contributed by atoms with Gasteiger partial charge in [0.05, 0.1) is 5.69 Å². The zero-order valence-corrected chi connectivity index (χ0v) is 10.4. The number of rotatable bonds is 3. The number of anilines is 1. The predicted octanol–water partition coefficient (Wildman–Crippen LogP) is 3.93. The second-order valence-electron chi connectivity index (χ2n) is 3.95. The zero-order chi connectivity index (χ0) is 13.1. The van der Waals surface area contributed by atoms with Gasteiger partial charge in [-0.2, -0.15) is 0 Å². The molecule has 0 aliphatic carbocycles. The Morgan fingerprint density at radius 3 is 2.67 bits per heavy atom. The fourth-order valence-corrected chi connectivity index (χ4v) is 1.62. The van der Waals surface area contributed by atoms with Crippen LogP contribution in [-0.2, 0) is 6.54 Å². The van der Waals surface area contributed by atoms with Gasteiger partial charge in [0.1, 0.15) is 5.82 Å². The van der Waals surface area contributed by atoms with Crippen molar-refractivity contribution in [2.75, 3.05) is 5.32 Å². The van der Waals surface area contributed by atoms with Crippen LogP contribution >= 0.6 is 11.6 Å². The molecule has 0 saturated carbocycles. The molecule has 0 unspecified atom stereocenters. The molecule has 0 fully saturated rings. The van der Waals surface area contributed by atoms with E-state index in [1.165, 1.54) is 18.3 Å². The molecule has 1 aromatic carbocycles. The van der Waals surface area contributed by atoms with Crippen LogP contribution in [0.1, 0.15) is 11.1 Å². The van der Waals surface area contributed by atoms with Crippen molar-refractivity contribution in [2.45, 2.75) is 13.5 Å². The van der Waals surface area contributed by atoms with Crippen LogP contribution in [0.25, 0.3) is 0 Å². The number of nitrogens with one attached hydrogen (secondary N) is 1.